The van der Waals surface area contributed by atoms with Crippen molar-refractivity contribution in [2.75, 3.05) is 18.5 Å². The van der Waals surface area contributed by atoms with Crippen LogP contribution >= 0.6 is 22.9 Å². The molecule has 0 saturated heterocycles. The Balaban J connectivity index is 1.65. The van der Waals surface area contributed by atoms with Crippen LogP contribution in [0.4, 0.5) is 11.6 Å². The van der Waals surface area contributed by atoms with Gasteiger partial charge in [-0.2, -0.15) is 9.97 Å². The molecule has 39 heavy (non-hydrogen) atoms. The maximum absolute atomic E-state index is 13.4. The number of rotatable bonds is 11. The lowest BCUT2D eigenvalue weighted by atomic mass is 10.1. The Morgan fingerprint density at radius 1 is 1.03 bits per heavy atom. The minimum Gasteiger partial charge on any atom is -0.476 e. The molecule has 204 valence electrons. The molecule has 0 fully saturated rings. The van der Waals surface area contributed by atoms with Gasteiger partial charge in [-0.05, 0) is 42.0 Å². The number of carboxylic acids is 1. The van der Waals surface area contributed by atoms with Gasteiger partial charge in [-0.3, -0.25) is 4.57 Å². The van der Waals surface area contributed by atoms with Crippen LogP contribution in [-0.2, 0) is 13.1 Å². The van der Waals surface area contributed by atoms with Crippen molar-refractivity contribution in [2.24, 2.45) is 0 Å². The number of thiazole rings is 1. The summed E-state index contributed by atoms with van der Waals surface area (Å²) in [5.74, 6) is -0.911. The van der Waals surface area contributed by atoms with E-state index in [0.717, 1.165) is 15.9 Å². The van der Waals surface area contributed by atoms with Crippen molar-refractivity contribution in [1.29, 1.82) is 0 Å². The number of aliphatic hydroxyl groups is 3. The molecule has 5 N–H and O–H groups in total. The standard InChI is InChI=1S/C24H22ClN5O8S/c25-15-3-1-14(2-4-15)9-29-20(28-21(35)30(23(29)36)11-24(37,12-31)13-32)26-16-5-7-17(8-6-16)38-22-27-18(10-39-22)19(33)34/h1-8,10,31-32,37H,9,11-13H2,(H,33,34)(H,26,28,35). The van der Waals surface area contributed by atoms with Crippen LogP contribution in [0.1, 0.15) is 16.1 Å². The summed E-state index contributed by atoms with van der Waals surface area (Å²) in [7, 11) is 0. The number of anilines is 2. The highest BCUT2D eigenvalue weighted by atomic mass is 35.5. The molecule has 4 aromatic rings. The summed E-state index contributed by atoms with van der Waals surface area (Å²) in [5, 5.41) is 43.0. The molecule has 0 spiro atoms. The number of aliphatic hydroxyl groups excluding tert-OH is 2. The Labute approximate surface area is 228 Å². The van der Waals surface area contributed by atoms with E-state index in [2.05, 4.69) is 15.3 Å². The van der Waals surface area contributed by atoms with Gasteiger partial charge in [0.15, 0.2) is 5.69 Å². The quantitative estimate of drug-likeness (QED) is 0.174. The summed E-state index contributed by atoms with van der Waals surface area (Å²) in [5.41, 5.74) is -3.01. The molecule has 2 aromatic heterocycles. The van der Waals surface area contributed by atoms with E-state index in [-0.39, 0.29) is 23.4 Å². The van der Waals surface area contributed by atoms with E-state index in [0.29, 0.717) is 26.6 Å². The fraction of sp³-hybridized carbons (Fsp3) is 0.208. The highest BCUT2D eigenvalue weighted by Crippen LogP contribution is 2.27. The summed E-state index contributed by atoms with van der Waals surface area (Å²) in [6, 6.07) is 12.9. The average molecular weight is 576 g/mol. The molecule has 0 bridgehead atoms. The molecule has 0 amide bonds. The highest BCUT2D eigenvalue weighted by Gasteiger charge is 2.28. The Bertz CT molecular complexity index is 1580. The Hall–Kier alpha value is -4.08. The molecule has 0 unspecified atom stereocenters. The molecule has 15 heteroatoms. The number of carbonyl (C=O) groups is 1. The minimum absolute atomic E-state index is 0.0283. The monoisotopic (exact) mass is 575 g/mol. The zero-order valence-electron chi connectivity index (χ0n) is 20.0. The lowest BCUT2D eigenvalue weighted by Crippen LogP contribution is -2.51. The Morgan fingerprint density at radius 2 is 1.69 bits per heavy atom. The van der Waals surface area contributed by atoms with Crippen LogP contribution in [0.2, 0.25) is 5.02 Å². The molecule has 0 aliphatic rings. The first-order valence-corrected chi connectivity index (χ1v) is 12.5. The molecule has 0 saturated carbocycles. The molecule has 0 aliphatic carbocycles. The minimum atomic E-state index is -2.11. The third kappa shape index (κ3) is 6.68. The molecule has 13 nitrogen and oxygen atoms in total. The van der Waals surface area contributed by atoms with Gasteiger partial charge in [0.25, 0.3) is 5.19 Å². The molecule has 2 aromatic carbocycles. The van der Waals surface area contributed by atoms with Crippen LogP contribution in [-0.4, -0.2) is 64.3 Å². The largest absolute Gasteiger partial charge is 0.476 e. The maximum Gasteiger partial charge on any atom is 0.355 e. The summed E-state index contributed by atoms with van der Waals surface area (Å²) in [6.45, 7) is -2.49. The summed E-state index contributed by atoms with van der Waals surface area (Å²) >= 11 is 6.98. The van der Waals surface area contributed by atoms with Crippen molar-refractivity contribution in [3.63, 3.8) is 0 Å². The van der Waals surface area contributed by atoms with E-state index in [9.17, 15) is 29.7 Å². The van der Waals surface area contributed by atoms with Gasteiger partial charge in [0.2, 0.25) is 5.95 Å². The lowest BCUT2D eigenvalue weighted by molar-refractivity contribution is -0.0675. The molecule has 2 heterocycles. The number of hydrogen-bond donors (Lipinski definition) is 5. The van der Waals surface area contributed by atoms with Crippen LogP contribution in [0.5, 0.6) is 10.9 Å². The van der Waals surface area contributed by atoms with Gasteiger partial charge in [-0.1, -0.05) is 35.1 Å². The molecule has 4 rings (SSSR count). The van der Waals surface area contributed by atoms with E-state index in [4.69, 9.17) is 21.4 Å². The number of hydrogen-bond acceptors (Lipinski definition) is 11. The smallest absolute Gasteiger partial charge is 0.355 e. The van der Waals surface area contributed by atoms with Crippen LogP contribution < -0.4 is 21.4 Å². The van der Waals surface area contributed by atoms with Crippen LogP contribution in [0, 0.1) is 0 Å². The van der Waals surface area contributed by atoms with Gasteiger partial charge in [0, 0.05) is 16.1 Å². The molecule has 0 atom stereocenters. The first-order valence-electron chi connectivity index (χ1n) is 11.2. The van der Waals surface area contributed by atoms with Gasteiger partial charge in [-0.15, -0.1) is 0 Å². The number of aromatic carboxylic acids is 1. The summed E-state index contributed by atoms with van der Waals surface area (Å²) < 4.78 is 7.35. The highest BCUT2D eigenvalue weighted by molar-refractivity contribution is 7.11. The molecule has 0 radical (unpaired) electrons. The van der Waals surface area contributed by atoms with E-state index in [1.807, 2.05) is 0 Å². The third-order valence-electron chi connectivity index (χ3n) is 5.46. The second kappa shape index (κ2) is 11.8. The SMILES string of the molecule is O=C(O)c1csc(Oc2ccc(Nc3nc(=O)n(CC(O)(CO)CO)c(=O)n3Cc3ccc(Cl)cc3)cc2)n1. The van der Waals surface area contributed by atoms with Crippen LogP contribution in [0.15, 0.2) is 63.5 Å². The van der Waals surface area contributed by atoms with Crippen molar-refractivity contribution in [3.05, 3.63) is 91.2 Å². The third-order valence-corrected chi connectivity index (χ3v) is 6.43. The van der Waals surface area contributed by atoms with Gasteiger partial charge in [-0.25, -0.2) is 19.0 Å². The van der Waals surface area contributed by atoms with Crippen molar-refractivity contribution >= 4 is 40.5 Å². The predicted octanol–water partition coefficient (Wildman–Crippen LogP) is 1.51. The van der Waals surface area contributed by atoms with Gasteiger partial charge in [0.1, 0.15) is 11.4 Å². The number of nitrogens with one attached hydrogen (secondary N) is 1. The van der Waals surface area contributed by atoms with E-state index in [1.165, 1.54) is 5.38 Å². The Morgan fingerprint density at radius 3 is 2.28 bits per heavy atom. The van der Waals surface area contributed by atoms with E-state index < -0.39 is 42.7 Å². The number of aromatic nitrogens is 4. The molecule has 0 aliphatic heterocycles. The number of carboxylic acid groups (broad SMARTS) is 1. The van der Waals surface area contributed by atoms with Crippen molar-refractivity contribution < 1.29 is 30.0 Å². The van der Waals surface area contributed by atoms with Gasteiger partial charge in [0.05, 0.1) is 26.3 Å². The summed E-state index contributed by atoms with van der Waals surface area (Å²) in [4.78, 5) is 44.9. The van der Waals surface area contributed by atoms with Crippen LogP contribution in [0.3, 0.4) is 0 Å². The van der Waals surface area contributed by atoms with Crippen molar-refractivity contribution in [1.82, 2.24) is 19.1 Å². The zero-order chi connectivity index (χ0) is 28.2. The van der Waals surface area contributed by atoms with E-state index in [1.54, 1.807) is 48.5 Å². The van der Waals surface area contributed by atoms with E-state index >= 15 is 0 Å². The second-order valence-corrected chi connectivity index (χ2v) is 9.65. The Kier molecular flexibility index (Phi) is 8.42. The normalized spacial score (nSPS) is 11.4. The predicted molar refractivity (Wildman–Crippen MR) is 141 cm³/mol. The van der Waals surface area contributed by atoms with Gasteiger partial charge < -0.3 is 30.5 Å². The second-order valence-electron chi connectivity index (χ2n) is 8.40. The lowest BCUT2D eigenvalue weighted by Gasteiger charge is -2.24. The molecular formula is C24H22ClN5O8S. The number of nitrogens with zero attached hydrogens (tertiary/aromatic N) is 4. The number of halogens is 1. The molecular weight excluding hydrogens is 554 g/mol. The van der Waals surface area contributed by atoms with Gasteiger partial charge >= 0.3 is 17.3 Å². The van der Waals surface area contributed by atoms with Crippen molar-refractivity contribution in [3.8, 4) is 10.9 Å². The topological polar surface area (TPSA) is 189 Å². The number of benzene rings is 2. The van der Waals surface area contributed by atoms with Crippen molar-refractivity contribution in [2.45, 2.75) is 18.7 Å². The first kappa shape index (κ1) is 27.9. The summed E-state index contributed by atoms with van der Waals surface area (Å²) in [6.07, 6.45) is 0. The fourth-order valence-electron chi connectivity index (χ4n) is 3.36. The fourth-order valence-corrected chi connectivity index (χ4v) is 4.15. The first-order chi connectivity index (χ1) is 18.6. The average Bonchev–Trinajstić information content (AvgIpc) is 3.40. The number of ether oxygens (including phenoxy) is 1. The maximum atomic E-state index is 13.4. The zero-order valence-corrected chi connectivity index (χ0v) is 21.6. The van der Waals surface area contributed by atoms with Crippen LogP contribution in [0.25, 0.3) is 0 Å².